The number of nitrogens with two attached hydrogens (primary N) is 1. The zero-order valence-electron chi connectivity index (χ0n) is 12.7. The molecule has 124 valence electrons. The Hall–Kier alpha value is -1.20. The SMILES string of the molecule is CSc1cccc(-c2cc([C@H](CN)CC(=O)O)ccc2Cl)c1.Cl. The highest BCUT2D eigenvalue weighted by Gasteiger charge is 2.16. The van der Waals surface area contributed by atoms with Gasteiger partial charge in [0.15, 0.2) is 0 Å². The highest BCUT2D eigenvalue weighted by molar-refractivity contribution is 7.98. The fourth-order valence-electron chi connectivity index (χ4n) is 2.36. The minimum absolute atomic E-state index is 0. The summed E-state index contributed by atoms with van der Waals surface area (Å²) >= 11 is 7.99. The fraction of sp³-hybridized carbons (Fsp3) is 0.235. The van der Waals surface area contributed by atoms with Crippen molar-refractivity contribution in [3.8, 4) is 11.1 Å². The first kappa shape index (κ1) is 19.8. The predicted molar refractivity (Wildman–Crippen MR) is 100.0 cm³/mol. The summed E-state index contributed by atoms with van der Waals surface area (Å²) in [6.45, 7) is 0.290. The van der Waals surface area contributed by atoms with Gasteiger partial charge in [0, 0.05) is 21.4 Å². The summed E-state index contributed by atoms with van der Waals surface area (Å²) in [7, 11) is 0. The zero-order valence-corrected chi connectivity index (χ0v) is 15.0. The van der Waals surface area contributed by atoms with E-state index in [0.29, 0.717) is 5.02 Å². The quantitative estimate of drug-likeness (QED) is 0.724. The summed E-state index contributed by atoms with van der Waals surface area (Å²) in [6.07, 6.45) is 2.04. The molecule has 0 spiro atoms. The molecule has 2 aromatic carbocycles. The monoisotopic (exact) mass is 371 g/mol. The van der Waals surface area contributed by atoms with Crippen LogP contribution in [0.3, 0.4) is 0 Å². The number of carbonyl (C=O) groups is 1. The summed E-state index contributed by atoms with van der Waals surface area (Å²) in [5.41, 5.74) is 8.55. The van der Waals surface area contributed by atoms with Crippen LogP contribution in [0.1, 0.15) is 17.9 Å². The van der Waals surface area contributed by atoms with E-state index >= 15 is 0 Å². The van der Waals surface area contributed by atoms with Crippen LogP contribution in [0.25, 0.3) is 11.1 Å². The molecule has 1 atom stereocenters. The maximum absolute atomic E-state index is 11.0. The van der Waals surface area contributed by atoms with Crippen LogP contribution in [0, 0.1) is 0 Å². The van der Waals surface area contributed by atoms with Crippen molar-refractivity contribution < 1.29 is 9.90 Å². The largest absolute Gasteiger partial charge is 0.481 e. The molecule has 23 heavy (non-hydrogen) atoms. The lowest BCUT2D eigenvalue weighted by Gasteiger charge is -2.15. The number of carboxylic acids is 1. The van der Waals surface area contributed by atoms with Crippen molar-refractivity contribution in [1.82, 2.24) is 0 Å². The Kier molecular flexibility index (Phi) is 7.92. The van der Waals surface area contributed by atoms with Crippen molar-refractivity contribution in [3.63, 3.8) is 0 Å². The molecule has 0 aliphatic heterocycles. The van der Waals surface area contributed by atoms with Crippen molar-refractivity contribution >= 4 is 41.7 Å². The van der Waals surface area contributed by atoms with Gasteiger partial charge in [-0.2, -0.15) is 0 Å². The van der Waals surface area contributed by atoms with Gasteiger partial charge in [-0.25, -0.2) is 0 Å². The molecular weight excluding hydrogens is 353 g/mol. The van der Waals surface area contributed by atoms with Gasteiger partial charge in [-0.05, 0) is 48.2 Å². The van der Waals surface area contributed by atoms with E-state index in [1.165, 1.54) is 0 Å². The van der Waals surface area contributed by atoms with Crippen molar-refractivity contribution in [2.45, 2.75) is 17.2 Å². The molecule has 6 heteroatoms. The van der Waals surface area contributed by atoms with Gasteiger partial charge in [-0.1, -0.05) is 29.8 Å². The third-order valence-corrected chi connectivity index (χ3v) is 4.60. The summed E-state index contributed by atoms with van der Waals surface area (Å²) < 4.78 is 0. The van der Waals surface area contributed by atoms with Crippen LogP contribution in [0.5, 0.6) is 0 Å². The Labute approximate surface area is 151 Å². The number of aliphatic carboxylic acids is 1. The molecule has 0 radical (unpaired) electrons. The number of hydrogen-bond acceptors (Lipinski definition) is 3. The smallest absolute Gasteiger partial charge is 0.304 e. The lowest BCUT2D eigenvalue weighted by atomic mass is 9.92. The fourth-order valence-corrected chi connectivity index (χ4v) is 3.04. The van der Waals surface area contributed by atoms with E-state index in [4.69, 9.17) is 22.4 Å². The highest BCUT2D eigenvalue weighted by atomic mass is 35.5. The first-order chi connectivity index (χ1) is 10.5. The van der Waals surface area contributed by atoms with Crippen LogP contribution in [-0.2, 0) is 4.79 Å². The molecule has 0 aliphatic carbocycles. The lowest BCUT2D eigenvalue weighted by Crippen LogP contribution is -2.16. The molecular formula is C17H19Cl2NO2S. The van der Waals surface area contributed by atoms with Crippen LogP contribution >= 0.6 is 35.8 Å². The van der Waals surface area contributed by atoms with Gasteiger partial charge >= 0.3 is 5.97 Å². The van der Waals surface area contributed by atoms with Gasteiger partial charge in [-0.3, -0.25) is 4.79 Å². The van der Waals surface area contributed by atoms with E-state index in [1.54, 1.807) is 11.8 Å². The number of thioether (sulfide) groups is 1. The Balaban J connectivity index is 0.00000264. The average molecular weight is 372 g/mol. The van der Waals surface area contributed by atoms with Gasteiger partial charge in [0.05, 0.1) is 6.42 Å². The second kappa shape index (κ2) is 9.18. The average Bonchev–Trinajstić information content (AvgIpc) is 2.53. The van der Waals surface area contributed by atoms with Crippen LogP contribution in [0.15, 0.2) is 47.4 Å². The standard InChI is InChI=1S/C17H18ClNO2S.ClH/c1-22-14-4-2-3-12(7-14)15-8-11(5-6-16(15)18)13(10-19)9-17(20)21;/h2-8,13H,9-10,19H2,1H3,(H,20,21);1H/t13-;/m0./s1. The van der Waals surface area contributed by atoms with Crippen LogP contribution in [-0.4, -0.2) is 23.9 Å². The van der Waals surface area contributed by atoms with Gasteiger partial charge in [0.1, 0.15) is 0 Å². The Morgan fingerprint density at radius 3 is 2.65 bits per heavy atom. The molecule has 0 saturated heterocycles. The normalized spacial score (nSPS) is 11.6. The molecule has 0 fully saturated rings. The van der Waals surface area contributed by atoms with Gasteiger partial charge < -0.3 is 10.8 Å². The number of hydrogen-bond donors (Lipinski definition) is 2. The summed E-state index contributed by atoms with van der Waals surface area (Å²) in [5, 5.41) is 9.65. The van der Waals surface area contributed by atoms with E-state index in [9.17, 15) is 4.79 Å². The minimum atomic E-state index is -0.851. The third kappa shape index (κ3) is 5.15. The second-order valence-electron chi connectivity index (χ2n) is 5.00. The Morgan fingerprint density at radius 2 is 2.04 bits per heavy atom. The van der Waals surface area contributed by atoms with Crippen molar-refractivity contribution in [3.05, 3.63) is 53.1 Å². The van der Waals surface area contributed by atoms with Gasteiger partial charge in [0.2, 0.25) is 0 Å². The number of carboxylic acid groups (broad SMARTS) is 1. The first-order valence-corrected chi connectivity index (χ1v) is 8.51. The molecule has 3 N–H and O–H groups in total. The van der Waals surface area contributed by atoms with E-state index in [0.717, 1.165) is 21.6 Å². The molecule has 3 nitrogen and oxygen atoms in total. The van der Waals surface area contributed by atoms with E-state index in [-0.39, 0.29) is 31.3 Å². The van der Waals surface area contributed by atoms with Crippen molar-refractivity contribution in [2.24, 2.45) is 5.73 Å². The first-order valence-electron chi connectivity index (χ1n) is 6.91. The molecule has 0 heterocycles. The molecule has 0 saturated carbocycles. The van der Waals surface area contributed by atoms with Crippen molar-refractivity contribution in [1.29, 1.82) is 0 Å². The zero-order chi connectivity index (χ0) is 16.1. The second-order valence-corrected chi connectivity index (χ2v) is 6.29. The molecule has 2 rings (SSSR count). The Morgan fingerprint density at radius 1 is 1.30 bits per heavy atom. The number of rotatable bonds is 6. The molecule has 0 amide bonds. The maximum atomic E-state index is 11.0. The van der Waals surface area contributed by atoms with Gasteiger partial charge in [-0.15, -0.1) is 24.2 Å². The molecule has 0 aliphatic rings. The van der Waals surface area contributed by atoms with Crippen LogP contribution in [0.4, 0.5) is 0 Å². The Bertz CT molecular complexity index is 679. The molecule has 0 aromatic heterocycles. The molecule has 0 bridgehead atoms. The lowest BCUT2D eigenvalue weighted by molar-refractivity contribution is -0.137. The minimum Gasteiger partial charge on any atom is -0.481 e. The van der Waals surface area contributed by atoms with Crippen molar-refractivity contribution in [2.75, 3.05) is 12.8 Å². The van der Waals surface area contributed by atoms with Gasteiger partial charge in [0.25, 0.3) is 0 Å². The van der Waals surface area contributed by atoms with E-state index in [1.807, 2.05) is 42.7 Å². The topological polar surface area (TPSA) is 63.3 Å². The highest BCUT2D eigenvalue weighted by Crippen LogP contribution is 2.33. The summed E-state index contributed by atoms with van der Waals surface area (Å²) in [4.78, 5) is 12.1. The molecule has 2 aromatic rings. The predicted octanol–water partition coefficient (Wildman–Crippen LogP) is 4.67. The van der Waals surface area contributed by atoms with E-state index < -0.39 is 5.97 Å². The molecule has 0 unspecified atom stereocenters. The summed E-state index contributed by atoms with van der Waals surface area (Å²) in [6, 6.07) is 13.7. The summed E-state index contributed by atoms with van der Waals surface area (Å²) in [5.74, 6) is -1.06. The number of halogens is 2. The third-order valence-electron chi connectivity index (χ3n) is 3.55. The van der Waals surface area contributed by atoms with Crippen LogP contribution < -0.4 is 5.73 Å². The maximum Gasteiger partial charge on any atom is 0.304 e. The number of benzene rings is 2. The van der Waals surface area contributed by atoms with E-state index in [2.05, 4.69) is 6.07 Å². The van der Waals surface area contributed by atoms with Crippen LogP contribution in [0.2, 0.25) is 5.02 Å².